The molecule has 2 rings (SSSR count). The Bertz CT molecular complexity index is 335. The van der Waals surface area contributed by atoms with Crippen LogP contribution >= 0.6 is 0 Å². The molecule has 0 aromatic carbocycles. The maximum absolute atomic E-state index is 5.58. The van der Waals surface area contributed by atoms with Crippen molar-refractivity contribution in [1.29, 1.82) is 0 Å². The van der Waals surface area contributed by atoms with Gasteiger partial charge in [-0.2, -0.15) is 9.97 Å². The van der Waals surface area contributed by atoms with E-state index in [0.29, 0.717) is 5.95 Å². The lowest BCUT2D eigenvalue weighted by Crippen LogP contribution is -2.07. The smallest absolute Gasteiger partial charge is 0.223 e. The first kappa shape index (κ1) is 10.0. The highest BCUT2D eigenvalue weighted by atomic mass is 15.1. The minimum Gasteiger partial charge on any atom is -0.373 e. The number of hydrogen-bond donors (Lipinski definition) is 3. The lowest BCUT2D eigenvalue weighted by atomic mass is 10.3. The van der Waals surface area contributed by atoms with Crippen LogP contribution in [-0.2, 0) is 0 Å². The van der Waals surface area contributed by atoms with Crippen LogP contribution in [-0.4, -0.2) is 23.6 Å². The van der Waals surface area contributed by atoms with Crippen molar-refractivity contribution in [1.82, 2.24) is 9.97 Å². The summed E-state index contributed by atoms with van der Waals surface area (Å²) in [4.78, 5) is 8.14. The Hall–Kier alpha value is -1.52. The van der Waals surface area contributed by atoms with E-state index in [9.17, 15) is 0 Å². The van der Waals surface area contributed by atoms with E-state index >= 15 is 0 Å². The van der Waals surface area contributed by atoms with Crippen LogP contribution in [0.25, 0.3) is 0 Å². The highest BCUT2D eigenvalue weighted by Gasteiger charge is 2.20. The molecule has 5 heteroatoms. The van der Waals surface area contributed by atoms with Crippen molar-refractivity contribution in [3.8, 4) is 0 Å². The van der Waals surface area contributed by atoms with Crippen molar-refractivity contribution in [2.75, 3.05) is 30.0 Å². The van der Waals surface area contributed by atoms with Gasteiger partial charge < -0.3 is 16.4 Å². The van der Waals surface area contributed by atoms with E-state index < -0.39 is 0 Å². The average Bonchev–Trinajstić information content (AvgIpc) is 3.01. The van der Waals surface area contributed by atoms with Gasteiger partial charge in [0.1, 0.15) is 11.6 Å². The number of hydrogen-bond acceptors (Lipinski definition) is 5. The third-order valence-electron chi connectivity index (χ3n) is 2.56. The van der Waals surface area contributed by atoms with Crippen molar-refractivity contribution < 1.29 is 0 Å². The predicted octanol–water partition coefficient (Wildman–Crippen LogP) is 1.31. The first-order chi connectivity index (χ1) is 7.28. The Labute approximate surface area is 89.5 Å². The van der Waals surface area contributed by atoms with Crippen LogP contribution in [0.15, 0.2) is 6.07 Å². The number of nitrogen functional groups attached to an aromatic ring is 1. The summed E-state index contributed by atoms with van der Waals surface area (Å²) < 4.78 is 0. The molecule has 0 unspecified atom stereocenters. The van der Waals surface area contributed by atoms with Gasteiger partial charge in [-0.1, -0.05) is 12.8 Å². The third-order valence-corrected chi connectivity index (χ3v) is 2.56. The number of anilines is 3. The second kappa shape index (κ2) is 4.33. The normalized spacial score (nSPS) is 15.0. The Morgan fingerprint density at radius 3 is 2.80 bits per heavy atom. The molecule has 82 valence electrons. The highest BCUT2D eigenvalue weighted by molar-refractivity contribution is 5.50. The zero-order valence-electron chi connectivity index (χ0n) is 8.95. The molecule has 1 aromatic rings. The van der Waals surface area contributed by atoms with E-state index in [1.54, 1.807) is 0 Å². The van der Waals surface area contributed by atoms with Crippen molar-refractivity contribution in [2.45, 2.75) is 19.3 Å². The summed E-state index contributed by atoms with van der Waals surface area (Å²) in [6, 6.07) is 1.86. The molecule has 0 saturated heterocycles. The SMILES string of the molecule is CNc1cc(NCCC2CC2)nc(N)n1. The number of nitrogens with two attached hydrogens (primary N) is 1. The quantitative estimate of drug-likeness (QED) is 0.678. The molecule has 0 aliphatic heterocycles. The minimum absolute atomic E-state index is 0.302. The second-order valence-electron chi connectivity index (χ2n) is 3.91. The first-order valence-electron chi connectivity index (χ1n) is 5.34. The number of rotatable bonds is 5. The molecule has 1 fully saturated rings. The van der Waals surface area contributed by atoms with Crippen molar-refractivity contribution in [2.24, 2.45) is 5.92 Å². The summed E-state index contributed by atoms with van der Waals surface area (Å²) in [5.74, 6) is 2.78. The van der Waals surface area contributed by atoms with Crippen LogP contribution in [0.4, 0.5) is 17.6 Å². The molecule has 15 heavy (non-hydrogen) atoms. The molecule has 0 bridgehead atoms. The molecular weight excluding hydrogens is 190 g/mol. The summed E-state index contributed by atoms with van der Waals surface area (Å²) >= 11 is 0. The van der Waals surface area contributed by atoms with Gasteiger partial charge >= 0.3 is 0 Å². The van der Waals surface area contributed by atoms with E-state index in [0.717, 1.165) is 24.1 Å². The largest absolute Gasteiger partial charge is 0.373 e. The fourth-order valence-corrected chi connectivity index (χ4v) is 1.50. The first-order valence-corrected chi connectivity index (χ1v) is 5.34. The lowest BCUT2D eigenvalue weighted by Gasteiger charge is -2.07. The van der Waals surface area contributed by atoms with Gasteiger partial charge in [0.2, 0.25) is 5.95 Å². The van der Waals surface area contributed by atoms with Crippen LogP contribution < -0.4 is 16.4 Å². The zero-order valence-corrected chi connectivity index (χ0v) is 8.95. The zero-order chi connectivity index (χ0) is 10.7. The van der Waals surface area contributed by atoms with E-state index in [1.807, 2.05) is 13.1 Å². The molecule has 1 aromatic heterocycles. The van der Waals surface area contributed by atoms with Gasteiger partial charge in [-0.25, -0.2) is 0 Å². The van der Waals surface area contributed by atoms with Gasteiger partial charge in [0.15, 0.2) is 0 Å². The summed E-state index contributed by atoms with van der Waals surface area (Å²) in [6.07, 6.45) is 3.99. The molecule has 1 saturated carbocycles. The van der Waals surface area contributed by atoms with Crippen LogP contribution in [0.2, 0.25) is 0 Å². The Morgan fingerprint density at radius 2 is 2.13 bits per heavy atom. The summed E-state index contributed by atoms with van der Waals surface area (Å²) in [5, 5.41) is 6.21. The van der Waals surface area contributed by atoms with Gasteiger partial charge in [0, 0.05) is 19.7 Å². The molecule has 1 heterocycles. The molecule has 0 spiro atoms. The Morgan fingerprint density at radius 1 is 1.40 bits per heavy atom. The minimum atomic E-state index is 0.302. The van der Waals surface area contributed by atoms with Crippen LogP contribution in [0.5, 0.6) is 0 Å². The summed E-state index contributed by atoms with van der Waals surface area (Å²) in [5.41, 5.74) is 5.58. The number of nitrogens with zero attached hydrogens (tertiary/aromatic N) is 2. The molecule has 4 N–H and O–H groups in total. The molecule has 1 aliphatic carbocycles. The molecule has 1 aliphatic rings. The monoisotopic (exact) mass is 207 g/mol. The topological polar surface area (TPSA) is 75.9 Å². The van der Waals surface area contributed by atoms with Gasteiger partial charge in [0.05, 0.1) is 0 Å². The lowest BCUT2D eigenvalue weighted by molar-refractivity contribution is 0.758. The van der Waals surface area contributed by atoms with E-state index in [2.05, 4.69) is 20.6 Å². The summed E-state index contributed by atoms with van der Waals surface area (Å²) in [6.45, 7) is 0.963. The van der Waals surface area contributed by atoms with Crippen LogP contribution in [0.1, 0.15) is 19.3 Å². The van der Waals surface area contributed by atoms with E-state index in [1.165, 1.54) is 19.3 Å². The predicted molar refractivity (Wildman–Crippen MR) is 61.8 cm³/mol. The number of nitrogens with one attached hydrogen (secondary N) is 2. The standard InChI is InChI=1S/C10H17N5/c1-12-8-6-9(15-10(11)14-8)13-5-4-7-2-3-7/h6-7H,2-5H2,1H3,(H4,11,12,13,14,15). The van der Waals surface area contributed by atoms with E-state index in [4.69, 9.17) is 5.73 Å². The van der Waals surface area contributed by atoms with Gasteiger partial charge in [-0.3, -0.25) is 0 Å². The fraction of sp³-hybridized carbons (Fsp3) is 0.600. The maximum Gasteiger partial charge on any atom is 0.223 e. The third kappa shape index (κ3) is 2.97. The molecular formula is C10H17N5. The molecule has 5 nitrogen and oxygen atoms in total. The Balaban J connectivity index is 1.90. The summed E-state index contributed by atoms with van der Waals surface area (Å²) in [7, 11) is 1.82. The van der Waals surface area contributed by atoms with E-state index in [-0.39, 0.29) is 0 Å². The number of aromatic nitrogens is 2. The second-order valence-corrected chi connectivity index (χ2v) is 3.91. The highest BCUT2D eigenvalue weighted by Crippen LogP contribution is 2.32. The Kier molecular flexibility index (Phi) is 2.89. The van der Waals surface area contributed by atoms with Gasteiger partial charge in [-0.15, -0.1) is 0 Å². The van der Waals surface area contributed by atoms with Crippen LogP contribution in [0, 0.1) is 5.92 Å². The van der Waals surface area contributed by atoms with Gasteiger partial charge in [-0.05, 0) is 12.3 Å². The van der Waals surface area contributed by atoms with Crippen molar-refractivity contribution in [3.05, 3.63) is 6.07 Å². The maximum atomic E-state index is 5.58. The fourth-order valence-electron chi connectivity index (χ4n) is 1.50. The molecule has 0 atom stereocenters. The van der Waals surface area contributed by atoms with Gasteiger partial charge in [0.25, 0.3) is 0 Å². The van der Waals surface area contributed by atoms with Crippen molar-refractivity contribution >= 4 is 17.6 Å². The van der Waals surface area contributed by atoms with Crippen LogP contribution in [0.3, 0.4) is 0 Å². The van der Waals surface area contributed by atoms with Crippen molar-refractivity contribution in [3.63, 3.8) is 0 Å². The molecule has 0 radical (unpaired) electrons. The molecule has 0 amide bonds. The average molecular weight is 207 g/mol.